The number of aryl methyl sites for hydroxylation is 2. The molecule has 140 valence electrons. The third-order valence-corrected chi connectivity index (χ3v) is 5.77. The highest BCUT2D eigenvalue weighted by Gasteiger charge is 2.26. The second-order valence-corrected chi connectivity index (χ2v) is 7.84. The average molecular weight is 355 g/mol. The fraction of sp³-hybridized carbons (Fsp3) is 0.571. The highest BCUT2D eigenvalue weighted by Crippen LogP contribution is 2.20. The smallest absolute Gasteiger partial charge is 0.189 e. The van der Waals surface area contributed by atoms with Crippen molar-refractivity contribution >= 4 is 10.9 Å². The Labute approximate surface area is 154 Å². The summed E-state index contributed by atoms with van der Waals surface area (Å²) in [6, 6.07) is 6.53. The molecule has 1 aromatic heterocycles. The first-order valence-electron chi connectivity index (χ1n) is 9.77. The van der Waals surface area contributed by atoms with Crippen LogP contribution in [0.2, 0.25) is 0 Å². The number of piperidine rings is 1. The zero-order chi connectivity index (χ0) is 18.1. The van der Waals surface area contributed by atoms with Crippen LogP contribution in [0, 0.1) is 13.8 Å². The van der Waals surface area contributed by atoms with Gasteiger partial charge in [-0.05, 0) is 50.4 Å². The molecule has 1 aromatic carbocycles. The largest absolute Gasteiger partial charge is 0.379 e. The van der Waals surface area contributed by atoms with Crippen LogP contribution in [0.1, 0.15) is 29.7 Å². The van der Waals surface area contributed by atoms with Gasteiger partial charge in [-0.3, -0.25) is 14.6 Å². The van der Waals surface area contributed by atoms with Crippen LogP contribution in [-0.4, -0.2) is 60.2 Å². The normalized spacial score (nSPS) is 22.8. The van der Waals surface area contributed by atoms with Gasteiger partial charge in [0.15, 0.2) is 5.43 Å². The minimum absolute atomic E-state index is 0.127. The maximum atomic E-state index is 12.6. The zero-order valence-electron chi connectivity index (χ0n) is 15.9. The zero-order valence-corrected chi connectivity index (χ0v) is 15.9. The molecule has 1 N–H and O–H groups in total. The van der Waals surface area contributed by atoms with Crippen LogP contribution in [-0.2, 0) is 11.3 Å². The third-order valence-electron chi connectivity index (χ3n) is 5.77. The van der Waals surface area contributed by atoms with Crippen LogP contribution in [0.15, 0.2) is 23.0 Å². The number of rotatable bonds is 3. The number of nitrogens with zero attached hydrogens (tertiary/aromatic N) is 2. The number of pyridine rings is 1. The van der Waals surface area contributed by atoms with E-state index in [-0.39, 0.29) is 5.43 Å². The summed E-state index contributed by atoms with van der Waals surface area (Å²) in [5.41, 5.74) is 4.42. The number of hydrogen-bond acceptors (Lipinski definition) is 4. The van der Waals surface area contributed by atoms with Crippen molar-refractivity contribution in [3.8, 4) is 0 Å². The molecule has 0 radical (unpaired) electrons. The molecule has 2 fully saturated rings. The monoisotopic (exact) mass is 355 g/mol. The van der Waals surface area contributed by atoms with Crippen molar-refractivity contribution in [3.05, 3.63) is 45.2 Å². The van der Waals surface area contributed by atoms with Crippen LogP contribution in [0.5, 0.6) is 0 Å². The molecule has 4 rings (SSSR count). The van der Waals surface area contributed by atoms with Crippen molar-refractivity contribution in [2.24, 2.45) is 0 Å². The van der Waals surface area contributed by atoms with E-state index < -0.39 is 0 Å². The fourth-order valence-corrected chi connectivity index (χ4v) is 4.50. The predicted molar refractivity (Wildman–Crippen MR) is 105 cm³/mol. The second kappa shape index (κ2) is 7.51. The first-order valence-corrected chi connectivity index (χ1v) is 9.77. The summed E-state index contributed by atoms with van der Waals surface area (Å²) in [6.45, 7) is 10.9. The average Bonchev–Trinajstić information content (AvgIpc) is 2.64. The molecule has 2 aromatic rings. The molecule has 0 unspecified atom stereocenters. The Morgan fingerprint density at radius 2 is 1.96 bits per heavy atom. The Morgan fingerprint density at radius 3 is 2.77 bits per heavy atom. The lowest BCUT2D eigenvalue weighted by Crippen LogP contribution is -2.51. The summed E-state index contributed by atoms with van der Waals surface area (Å²) in [5, 5.41) is 0.802. The van der Waals surface area contributed by atoms with Crippen molar-refractivity contribution in [3.63, 3.8) is 0 Å². The molecule has 0 spiro atoms. The Morgan fingerprint density at radius 1 is 1.15 bits per heavy atom. The van der Waals surface area contributed by atoms with Crippen LogP contribution in [0.3, 0.4) is 0 Å². The van der Waals surface area contributed by atoms with Crippen LogP contribution in [0.4, 0.5) is 0 Å². The van der Waals surface area contributed by atoms with Crippen molar-refractivity contribution in [2.45, 2.75) is 39.3 Å². The molecule has 2 saturated heterocycles. The summed E-state index contributed by atoms with van der Waals surface area (Å²) >= 11 is 0. The van der Waals surface area contributed by atoms with Crippen LogP contribution >= 0.6 is 0 Å². The fourth-order valence-electron chi connectivity index (χ4n) is 4.50. The van der Waals surface area contributed by atoms with E-state index in [1.165, 1.54) is 12.8 Å². The van der Waals surface area contributed by atoms with Gasteiger partial charge >= 0.3 is 0 Å². The first kappa shape index (κ1) is 17.7. The van der Waals surface area contributed by atoms with Gasteiger partial charge < -0.3 is 9.72 Å². The molecule has 0 bridgehead atoms. The first-order chi connectivity index (χ1) is 12.6. The summed E-state index contributed by atoms with van der Waals surface area (Å²) in [7, 11) is 0. The lowest BCUT2D eigenvalue weighted by atomic mass is 10.0. The van der Waals surface area contributed by atoms with E-state index in [9.17, 15) is 4.79 Å². The molecular weight excluding hydrogens is 326 g/mol. The highest BCUT2D eigenvalue weighted by atomic mass is 16.5. The van der Waals surface area contributed by atoms with E-state index in [2.05, 4.69) is 27.8 Å². The lowest BCUT2D eigenvalue weighted by molar-refractivity contribution is -0.00371. The lowest BCUT2D eigenvalue weighted by Gasteiger charge is -2.40. The molecule has 1 atom stereocenters. The Hall–Kier alpha value is -1.69. The maximum absolute atomic E-state index is 12.6. The number of hydrogen-bond donors (Lipinski definition) is 1. The molecule has 2 aliphatic heterocycles. The van der Waals surface area contributed by atoms with Gasteiger partial charge in [-0.1, -0.05) is 6.07 Å². The Kier molecular flexibility index (Phi) is 5.11. The number of nitrogens with one attached hydrogen (secondary N) is 1. The topological polar surface area (TPSA) is 48.6 Å². The second-order valence-electron chi connectivity index (χ2n) is 7.84. The highest BCUT2D eigenvalue weighted by molar-refractivity contribution is 5.82. The number of aromatic amines is 1. The number of ether oxygens (including phenoxy) is 1. The summed E-state index contributed by atoms with van der Waals surface area (Å²) in [6.07, 6.45) is 2.49. The predicted octanol–water partition coefficient (Wildman–Crippen LogP) is 2.44. The summed E-state index contributed by atoms with van der Waals surface area (Å²) in [5.74, 6) is 0. The molecule has 0 amide bonds. The van der Waals surface area contributed by atoms with Crippen LogP contribution in [0.25, 0.3) is 10.9 Å². The number of morpholine rings is 1. The van der Waals surface area contributed by atoms with E-state index in [1.807, 2.05) is 13.0 Å². The summed E-state index contributed by atoms with van der Waals surface area (Å²) < 4.78 is 5.49. The minimum Gasteiger partial charge on any atom is -0.379 e. The van der Waals surface area contributed by atoms with Gasteiger partial charge in [0.2, 0.25) is 0 Å². The molecule has 0 saturated carbocycles. The van der Waals surface area contributed by atoms with Gasteiger partial charge in [-0.25, -0.2) is 0 Å². The number of H-pyrrole nitrogens is 1. The number of benzene rings is 1. The van der Waals surface area contributed by atoms with Gasteiger partial charge in [-0.15, -0.1) is 0 Å². The molecule has 26 heavy (non-hydrogen) atoms. The summed E-state index contributed by atoms with van der Waals surface area (Å²) in [4.78, 5) is 21.2. The molecule has 5 nitrogen and oxygen atoms in total. The number of aromatic nitrogens is 1. The van der Waals surface area contributed by atoms with Crippen molar-refractivity contribution in [2.75, 3.05) is 39.4 Å². The molecular formula is C21H29N3O2. The molecule has 5 heteroatoms. The number of likely N-dealkylation sites (tertiary alicyclic amines) is 1. The van der Waals surface area contributed by atoms with E-state index >= 15 is 0 Å². The van der Waals surface area contributed by atoms with Crippen LogP contribution < -0.4 is 5.43 Å². The van der Waals surface area contributed by atoms with E-state index in [4.69, 9.17) is 4.74 Å². The van der Waals surface area contributed by atoms with Crippen molar-refractivity contribution in [1.29, 1.82) is 0 Å². The Bertz CT molecular complexity index is 839. The van der Waals surface area contributed by atoms with E-state index in [1.54, 1.807) is 6.07 Å². The SMILES string of the molecule is Cc1cc(C)c2[nH]c(CN3CCC[C@@H](N4CCOCC4)C3)cc(=O)c2c1. The molecule has 0 aliphatic carbocycles. The van der Waals surface area contributed by atoms with Crippen molar-refractivity contribution < 1.29 is 4.74 Å². The third kappa shape index (κ3) is 3.70. The maximum Gasteiger partial charge on any atom is 0.189 e. The van der Waals surface area contributed by atoms with E-state index in [0.29, 0.717) is 6.04 Å². The van der Waals surface area contributed by atoms with Gasteiger partial charge in [0.25, 0.3) is 0 Å². The molecule has 3 heterocycles. The number of fused-ring (bicyclic) bond motifs is 1. The van der Waals surface area contributed by atoms with E-state index in [0.717, 1.165) is 73.7 Å². The van der Waals surface area contributed by atoms with Gasteiger partial charge in [0.05, 0.1) is 18.7 Å². The quantitative estimate of drug-likeness (QED) is 0.919. The molecule has 2 aliphatic rings. The minimum atomic E-state index is 0.127. The van der Waals surface area contributed by atoms with Gasteiger partial charge in [-0.2, -0.15) is 0 Å². The van der Waals surface area contributed by atoms with Crippen molar-refractivity contribution in [1.82, 2.24) is 14.8 Å². The standard InChI is InChI=1S/C21H29N3O2/c1-15-10-16(2)21-19(11-15)20(25)12-17(22-21)13-23-5-3-4-18(14-23)24-6-8-26-9-7-24/h10-12,18H,3-9,13-14H2,1-2H3,(H,22,25)/t18-/m1/s1. The Balaban J connectivity index is 1.52. The van der Waals surface area contributed by atoms with Gasteiger partial charge in [0.1, 0.15) is 0 Å². The van der Waals surface area contributed by atoms with Gasteiger partial charge in [0, 0.05) is 49.4 Å².